The first-order valence-corrected chi connectivity index (χ1v) is 6.74. The van der Waals surface area contributed by atoms with Crippen molar-refractivity contribution in [2.75, 3.05) is 12.4 Å². The highest BCUT2D eigenvalue weighted by Crippen LogP contribution is 2.17. The van der Waals surface area contributed by atoms with Crippen LogP contribution in [0.25, 0.3) is 10.9 Å². The van der Waals surface area contributed by atoms with Crippen LogP contribution in [0.1, 0.15) is 20.7 Å². The van der Waals surface area contributed by atoms with Gasteiger partial charge in [0.05, 0.1) is 17.3 Å². The van der Waals surface area contributed by atoms with E-state index < -0.39 is 0 Å². The highest BCUT2D eigenvalue weighted by molar-refractivity contribution is 6.11. The molecule has 0 saturated carbocycles. The Hall–Kier alpha value is -3.15. The minimum absolute atomic E-state index is 0.167. The molecule has 6 heteroatoms. The van der Waals surface area contributed by atoms with Gasteiger partial charge in [-0.25, -0.2) is 0 Å². The molecular formula is C16H14N4O2. The van der Waals surface area contributed by atoms with Crippen molar-refractivity contribution in [3.05, 3.63) is 59.8 Å². The van der Waals surface area contributed by atoms with Crippen LogP contribution < -0.4 is 10.6 Å². The Morgan fingerprint density at radius 2 is 1.82 bits per heavy atom. The summed E-state index contributed by atoms with van der Waals surface area (Å²) < 4.78 is 0. The zero-order valence-corrected chi connectivity index (χ0v) is 11.9. The standard InChI is InChI=1S/C16H14N4O2/c1-17-15(21)10-5-7-12(8-6-10)19-16(22)13-4-2-3-11-9-18-20-14(11)13/h2-9H,1H3,(H,17,21)(H,18,20)(H,19,22). The summed E-state index contributed by atoms with van der Waals surface area (Å²) in [5.74, 6) is -0.400. The normalized spacial score (nSPS) is 10.4. The summed E-state index contributed by atoms with van der Waals surface area (Å²) in [6.07, 6.45) is 1.67. The number of H-pyrrole nitrogens is 1. The summed E-state index contributed by atoms with van der Waals surface area (Å²) in [5, 5.41) is 13.0. The summed E-state index contributed by atoms with van der Waals surface area (Å²) in [6.45, 7) is 0. The van der Waals surface area contributed by atoms with Crippen molar-refractivity contribution in [1.29, 1.82) is 0 Å². The molecule has 2 amide bonds. The highest BCUT2D eigenvalue weighted by Gasteiger charge is 2.11. The Bertz CT molecular complexity index is 837. The van der Waals surface area contributed by atoms with Crippen LogP contribution in [0.2, 0.25) is 0 Å². The molecule has 0 saturated heterocycles. The topological polar surface area (TPSA) is 86.9 Å². The molecule has 0 spiro atoms. The Morgan fingerprint density at radius 1 is 1.05 bits per heavy atom. The van der Waals surface area contributed by atoms with E-state index in [1.54, 1.807) is 49.6 Å². The van der Waals surface area contributed by atoms with Crippen molar-refractivity contribution in [3.8, 4) is 0 Å². The van der Waals surface area contributed by atoms with Gasteiger partial charge in [0.25, 0.3) is 11.8 Å². The van der Waals surface area contributed by atoms with Crippen molar-refractivity contribution >= 4 is 28.4 Å². The number of benzene rings is 2. The van der Waals surface area contributed by atoms with Gasteiger partial charge >= 0.3 is 0 Å². The molecular weight excluding hydrogens is 280 g/mol. The third-order valence-electron chi connectivity index (χ3n) is 3.35. The maximum atomic E-state index is 12.4. The van der Waals surface area contributed by atoms with Crippen molar-refractivity contribution in [1.82, 2.24) is 15.5 Å². The molecule has 0 unspecified atom stereocenters. The fraction of sp³-hybridized carbons (Fsp3) is 0.0625. The van der Waals surface area contributed by atoms with Gasteiger partial charge in [-0.15, -0.1) is 0 Å². The van der Waals surface area contributed by atoms with Crippen molar-refractivity contribution < 1.29 is 9.59 Å². The first kappa shape index (κ1) is 13.8. The first-order chi connectivity index (χ1) is 10.7. The van der Waals surface area contributed by atoms with Crippen molar-refractivity contribution in [3.63, 3.8) is 0 Å². The zero-order chi connectivity index (χ0) is 15.5. The van der Waals surface area contributed by atoms with Crippen LogP contribution in [0.5, 0.6) is 0 Å². The SMILES string of the molecule is CNC(=O)c1ccc(NC(=O)c2cccc3cn[nH]c23)cc1. The molecule has 6 nitrogen and oxygen atoms in total. The maximum absolute atomic E-state index is 12.4. The number of amides is 2. The predicted octanol–water partition coefficient (Wildman–Crippen LogP) is 2.17. The third kappa shape index (κ3) is 2.54. The summed E-state index contributed by atoms with van der Waals surface area (Å²) in [6, 6.07) is 12.1. The van der Waals surface area contributed by atoms with Gasteiger partial charge < -0.3 is 10.6 Å². The van der Waals surface area contributed by atoms with Crippen LogP contribution in [0, 0.1) is 0 Å². The number of carbonyl (C=O) groups excluding carboxylic acids is 2. The fourth-order valence-electron chi connectivity index (χ4n) is 2.21. The van der Waals surface area contributed by atoms with Gasteiger partial charge in [-0.05, 0) is 30.3 Å². The molecule has 3 rings (SSSR count). The van der Waals surface area contributed by atoms with Gasteiger partial charge in [0.1, 0.15) is 0 Å². The summed E-state index contributed by atoms with van der Waals surface area (Å²) in [5.41, 5.74) is 2.37. The number of aromatic nitrogens is 2. The largest absolute Gasteiger partial charge is 0.355 e. The molecule has 1 aromatic heterocycles. The number of para-hydroxylation sites is 1. The van der Waals surface area contributed by atoms with E-state index in [1.807, 2.05) is 6.07 Å². The minimum atomic E-state index is -0.234. The molecule has 22 heavy (non-hydrogen) atoms. The quantitative estimate of drug-likeness (QED) is 0.692. The third-order valence-corrected chi connectivity index (χ3v) is 3.35. The lowest BCUT2D eigenvalue weighted by molar-refractivity contribution is 0.0962. The number of nitrogens with zero attached hydrogens (tertiary/aromatic N) is 1. The van der Waals surface area contributed by atoms with E-state index in [0.717, 1.165) is 5.39 Å². The molecule has 0 atom stereocenters. The molecule has 110 valence electrons. The summed E-state index contributed by atoms with van der Waals surface area (Å²) in [4.78, 5) is 23.8. The van der Waals surface area contributed by atoms with E-state index >= 15 is 0 Å². The maximum Gasteiger partial charge on any atom is 0.257 e. The van der Waals surface area contributed by atoms with Gasteiger partial charge in [0.15, 0.2) is 0 Å². The number of carbonyl (C=O) groups is 2. The van der Waals surface area contributed by atoms with E-state index in [-0.39, 0.29) is 11.8 Å². The van der Waals surface area contributed by atoms with E-state index in [1.165, 1.54) is 0 Å². The van der Waals surface area contributed by atoms with Crippen LogP contribution in [0.4, 0.5) is 5.69 Å². The summed E-state index contributed by atoms with van der Waals surface area (Å²) >= 11 is 0. The second kappa shape index (κ2) is 5.69. The number of aromatic amines is 1. The average Bonchev–Trinajstić information content (AvgIpc) is 3.03. The molecule has 1 heterocycles. The predicted molar refractivity (Wildman–Crippen MR) is 83.9 cm³/mol. The number of fused-ring (bicyclic) bond motifs is 1. The molecule has 3 aromatic rings. The zero-order valence-electron chi connectivity index (χ0n) is 11.9. The Balaban J connectivity index is 1.82. The summed E-state index contributed by atoms with van der Waals surface area (Å²) in [7, 11) is 1.57. The van der Waals surface area contributed by atoms with Gasteiger partial charge in [-0.3, -0.25) is 14.7 Å². The van der Waals surface area contributed by atoms with E-state index in [4.69, 9.17) is 0 Å². The van der Waals surface area contributed by atoms with Gasteiger partial charge in [-0.1, -0.05) is 12.1 Å². The van der Waals surface area contributed by atoms with E-state index in [9.17, 15) is 9.59 Å². The lowest BCUT2D eigenvalue weighted by Crippen LogP contribution is -2.18. The Kier molecular flexibility index (Phi) is 3.57. The van der Waals surface area contributed by atoms with Crippen LogP contribution in [0.15, 0.2) is 48.7 Å². The molecule has 2 aromatic carbocycles. The van der Waals surface area contributed by atoms with Crippen LogP contribution in [0.3, 0.4) is 0 Å². The molecule has 0 aliphatic rings. The molecule has 0 aliphatic carbocycles. The first-order valence-electron chi connectivity index (χ1n) is 6.74. The molecule has 0 radical (unpaired) electrons. The molecule has 0 bridgehead atoms. The number of nitrogens with one attached hydrogen (secondary N) is 3. The lowest BCUT2D eigenvalue weighted by Gasteiger charge is -2.07. The molecule has 0 aliphatic heterocycles. The van der Waals surface area contributed by atoms with E-state index in [0.29, 0.717) is 22.3 Å². The molecule has 0 fully saturated rings. The van der Waals surface area contributed by atoms with Gasteiger partial charge in [-0.2, -0.15) is 5.10 Å². The van der Waals surface area contributed by atoms with Crippen LogP contribution in [-0.4, -0.2) is 29.1 Å². The molecule has 3 N–H and O–H groups in total. The Labute approximate surface area is 126 Å². The minimum Gasteiger partial charge on any atom is -0.355 e. The van der Waals surface area contributed by atoms with Gasteiger partial charge in [0, 0.05) is 23.7 Å². The number of hydrogen-bond donors (Lipinski definition) is 3. The van der Waals surface area contributed by atoms with Crippen molar-refractivity contribution in [2.24, 2.45) is 0 Å². The monoisotopic (exact) mass is 294 g/mol. The number of hydrogen-bond acceptors (Lipinski definition) is 3. The lowest BCUT2D eigenvalue weighted by atomic mass is 10.1. The van der Waals surface area contributed by atoms with Crippen molar-refractivity contribution in [2.45, 2.75) is 0 Å². The second-order valence-electron chi connectivity index (χ2n) is 4.75. The number of anilines is 1. The van der Waals surface area contributed by atoms with Gasteiger partial charge in [0.2, 0.25) is 0 Å². The van der Waals surface area contributed by atoms with Crippen LogP contribution >= 0.6 is 0 Å². The highest BCUT2D eigenvalue weighted by atomic mass is 16.2. The number of rotatable bonds is 3. The second-order valence-corrected chi connectivity index (χ2v) is 4.75. The average molecular weight is 294 g/mol. The van der Waals surface area contributed by atoms with E-state index in [2.05, 4.69) is 20.8 Å². The smallest absolute Gasteiger partial charge is 0.257 e. The van der Waals surface area contributed by atoms with Crippen LogP contribution in [-0.2, 0) is 0 Å². The fourth-order valence-corrected chi connectivity index (χ4v) is 2.21. The Morgan fingerprint density at radius 3 is 2.55 bits per heavy atom.